The Morgan fingerprint density at radius 3 is 2.81 bits per heavy atom. The maximum atomic E-state index is 6.22. The van der Waals surface area contributed by atoms with Crippen LogP contribution in [-0.2, 0) is 6.54 Å². The van der Waals surface area contributed by atoms with Gasteiger partial charge in [-0.05, 0) is 57.9 Å². The van der Waals surface area contributed by atoms with Crippen molar-refractivity contribution in [3.8, 4) is 0 Å². The summed E-state index contributed by atoms with van der Waals surface area (Å²) in [5, 5.41) is 5.13. The monoisotopic (exact) mass is 424 g/mol. The van der Waals surface area contributed by atoms with E-state index in [1.807, 2.05) is 42.5 Å². The van der Waals surface area contributed by atoms with E-state index in [9.17, 15) is 0 Å². The molecule has 2 nitrogen and oxygen atoms in total. The van der Waals surface area contributed by atoms with E-state index in [0.717, 1.165) is 36.1 Å². The van der Waals surface area contributed by atoms with E-state index in [2.05, 4.69) is 42.2 Å². The third-order valence-electron chi connectivity index (χ3n) is 3.20. The van der Waals surface area contributed by atoms with Crippen molar-refractivity contribution in [2.45, 2.75) is 6.54 Å². The van der Waals surface area contributed by atoms with Crippen LogP contribution >= 0.6 is 43.5 Å². The van der Waals surface area contributed by atoms with Gasteiger partial charge in [-0.25, -0.2) is 0 Å². The lowest BCUT2D eigenvalue weighted by Gasteiger charge is -2.11. The van der Waals surface area contributed by atoms with Crippen LogP contribution in [0.4, 0.5) is 5.69 Å². The Balaban J connectivity index is 1.92. The standard InChI is InChI=1S/C16H11Br2ClN2/c17-11-4-5-13(18)15(8-11)21-9-10-3-6-14(19)12-2-1-7-20-16(10)12/h1-8,21H,9H2. The van der Waals surface area contributed by atoms with E-state index < -0.39 is 0 Å². The van der Waals surface area contributed by atoms with Crippen LogP contribution in [0.3, 0.4) is 0 Å². The Labute approximate surface area is 144 Å². The Kier molecular flexibility index (Phi) is 4.48. The molecule has 0 unspecified atom stereocenters. The first-order chi connectivity index (χ1) is 10.1. The van der Waals surface area contributed by atoms with Gasteiger partial charge in [-0.1, -0.05) is 33.6 Å². The van der Waals surface area contributed by atoms with Crippen LogP contribution < -0.4 is 5.32 Å². The predicted octanol–water partition coefficient (Wildman–Crippen LogP) is 6.03. The second-order valence-corrected chi connectivity index (χ2v) is 6.76. The fourth-order valence-corrected chi connectivity index (χ4v) is 3.13. The topological polar surface area (TPSA) is 24.9 Å². The summed E-state index contributed by atoms with van der Waals surface area (Å²) in [6.07, 6.45) is 1.79. The van der Waals surface area contributed by atoms with Gasteiger partial charge in [0, 0.05) is 37.8 Å². The minimum atomic E-state index is 0.680. The molecule has 0 aliphatic heterocycles. The summed E-state index contributed by atoms with van der Waals surface area (Å²) in [5.41, 5.74) is 3.08. The fourth-order valence-electron chi connectivity index (χ4n) is 2.16. The van der Waals surface area contributed by atoms with Crippen molar-refractivity contribution in [2.75, 3.05) is 5.32 Å². The van der Waals surface area contributed by atoms with Gasteiger partial charge in [-0.15, -0.1) is 0 Å². The Bertz CT molecular complexity index is 805. The molecular formula is C16H11Br2ClN2. The quantitative estimate of drug-likeness (QED) is 0.553. The zero-order valence-electron chi connectivity index (χ0n) is 10.9. The molecule has 0 radical (unpaired) electrons. The van der Waals surface area contributed by atoms with Crippen molar-refractivity contribution >= 4 is 60.1 Å². The number of pyridine rings is 1. The zero-order chi connectivity index (χ0) is 14.8. The van der Waals surface area contributed by atoms with E-state index in [1.54, 1.807) is 6.20 Å². The van der Waals surface area contributed by atoms with Crippen molar-refractivity contribution < 1.29 is 0 Å². The van der Waals surface area contributed by atoms with Gasteiger partial charge < -0.3 is 5.32 Å². The molecule has 1 N–H and O–H groups in total. The van der Waals surface area contributed by atoms with Crippen LogP contribution in [-0.4, -0.2) is 4.98 Å². The van der Waals surface area contributed by atoms with Gasteiger partial charge in [-0.2, -0.15) is 0 Å². The van der Waals surface area contributed by atoms with Crippen LogP contribution in [0.25, 0.3) is 10.9 Å². The number of rotatable bonds is 3. The second-order valence-electron chi connectivity index (χ2n) is 4.58. The summed E-state index contributed by atoms with van der Waals surface area (Å²) in [5.74, 6) is 0. The molecule has 1 aromatic heterocycles. The summed E-state index contributed by atoms with van der Waals surface area (Å²) in [4.78, 5) is 4.45. The van der Waals surface area contributed by atoms with Gasteiger partial charge in [0.2, 0.25) is 0 Å². The van der Waals surface area contributed by atoms with Gasteiger partial charge in [0.15, 0.2) is 0 Å². The molecular weight excluding hydrogens is 415 g/mol. The summed E-state index contributed by atoms with van der Waals surface area (Å²) >= 11 is 13.2. The maximum Gasteiger partial charge on any atom is 0.0766 e. The third-order valence-corrected chi connectivity index (χ3v) is 4.71. The van der Waals surface area contributed by atoms with Crippen LogP contribution in [0.2, 0.25) is 5.02 Å². The molecule has 21 heavy (non-hydrogen) atoms. The number of hydrogen-bond acceptors (Lipinski definition) is 2. The second kappa shape index (κ2) is 6.34. The highest BCUT2D eigenvalue weighted by molar-refractivity contribution is 9.11. The van der Waals surface area contributed by atoms with Gasteiger partial charge >= 0.3 is 0 Å². The van der Waals surface area contributed by atoms with E-state index in [4.69, 9.17) is 11.6 Å². The predicted molar refractivity (Wildman–Crippen MR) is 95.9 cm³/mol. The van der Waals surface area contributed by atoms with E-state index >= 15 is 0 Å². The SMILES string of the molecule is Clc1ccc(CNc2cc(Br)ccc2Br)c2ncccc12. The highest BCUT2D eigenvalue weighted by Gasteiger charge is 2.07. The average molecular weight is 427 g/mol. The minimum Gasteiger partial charge on any atom is -0.380 e. The molecule has 1 heterocycles. The molecule has 0 saturated heterocycles. The van der Waals surface area contributed by atoms with Crippen molar-refractivity contribution in [3.05, 3.63) is 68.2 Å². The highest BCUT2D eigenvalue weighted by Crippen LogP contribution is 2.28. The van der Waals surface area contributed by atoms with Crippen LogP contribution in [0.1, 0.15) is 5.56 Å². The Morgan fingerprint density at radius 2 is 1.95 bits per heavy atom. The molecule has 106 valence electrons. The number of nitrogens with one attached hydrogen (secondary N) is 1. The number of anilines is 1. The Hall–Kier alpha value is -1.10. The smallest absolute Gasteiger partial charge is 0.0766 e. The first-order valence-corrected chi connectivity index (χ1v) is 8.32. The van der Waals surface area contributed by atoms with E-state index in [0.29, 0.717) is 6.54 Å². The number of aromatic nitrogens is 1. The zero-order valence-corrected chi connectivity index (χ0v) is 14.8. The first-order valence-electron chi connectivity index (χ1n) is 6.36. The normalized spacial score (nSPS) is 10.8. The lowest BCUT2D eigenvalue weighted by Crippen LogP contribution is -2.01. The van der Waals surface area contributed by atoms with Crippen LogP contribution in [0.15, 0.2) is 57.6 Å². The number of halogens is 3. The molecule has 0 aliphatic carbocycles. The largest absolute Gasteiger partial charge is 0.380 e. The lowest BCUT2D eigenvalue weighted by atomic mass is 10.1. The molecule has 3 aromatic rings. The van der Waals surface area contributed by atoms with Crippen molar-refractivity contribution in [1.29, 1.82) is 0 Å². The van der Waals surface area contributed by atoms with Crippen molar-refractivity contribution in [3.63, 3.8) is 0 Å². The molecule has 0 amide bonds. The van der Waals surface area contributed by atoms with Crippen LogP contribution in [0.5, 0.6) is 0 Å². The summed E-state index contributed by atoms with van der Waals surface area (Å²) in [6.45, 7) is 0.680. The highest BCUT2D eigenvalue weighted by atomic mass is 79.9. The van der Waals surface area contributed by atoms with E-state index in [1.165, 1.54) is 0 Å². The molecule has 3 rings (SSSR count). The first kappa shape index (κ1) is 14.8. The van der Waals surface area contributed by atoms with Crippen molar-refractivity contribution in [1.82, 2.24) is 4.98 Å². The van der Waals surface area contributed by atoms with E-state index in [-0.39, 0.29) is 0 Å². The fraction of sp³-hybridized carbons (Fsp3) is 0.0625. The lowest BCUT2D eigenvalue weighted by molar-refractivity contribution is 1.15. The summed E-state index contributed by atoms with van der Waals surface area (Å²) < 4.78 is 2.06. The molecule has 2 aromatic carbocycles. The Morgan fingerprint density at radius 1 is 1.10 bits per heavy atom. The summed E-state index contributed by atoms with van der Waals surface area (Å²) in [7, 11) is 0. The number of nitrogens with zero attached hydrogens (tertiary/aromatic N) is 1. The van der Waals surface area contributed by atoms with Crippen LogP contribution in [0, 0.1) is 0 Å². The molecule has 0 spiro atoms. The molecule has 0 fully saturated rings. The van der Waals surface area contributed by atoms with Gasteiger partial charge in [0.25, 0.3) is 0 Å². The van der Waals surface area contributed by atoms with Gasteiger partial charge in [0.05, 0.1) is 5.52 Å². The average Bonchev–Trinajstić information content (AvgIpc) is 2.50. The number of hydrogen-bond donors (Lipinski definition) is 1. The molecule has 0 bridgehead atoms. The number of benzene rings is 2. The van der Waals surface area contributed by atoms with Gasteiger partial charge in [0.1, 0.15) is 0 Å². The molecule has 0 atom stereocenters. The minimum absolute atomic E-state index is 0.680. The molecule has 5 heteroatoms. The molecule has 0 aliphatic rings. The molecule has 0 saturated carbocycles. The number of fused-ring (bicyclic) bond motifs is 1. The maximum absolute atomic E-state index is 6.22. The summed E-state index contributed by atoms with van der Waals surface area (Å²) in [6, 6.07) is 13.9. The van der Waals surface area contributed by atoms with Gasteiger partial charge in [-0.3, -0.25) is 4.98 Å². The van der Waals surface area contributed by atoms with Crippen molar-refractivity contribution in [2.24, 2.45) is 0 Å². The third kappa shape index (κ3) is 3.23.